The van der Waals surface area contributed by atoms with Gasteiger partial charge in [-0.25, -0.2) is 0 Å². The van der Waals surface area contributed by atoms with E-state index in [4.69, 9.17) is 5.73 Å². The summed E-state index contributed by atoms with van der Waals surface area (Å²) in [6.07, 6.45) is 11.7. The highest BCUT2D eigenvalue weighted by Crippen LogP contribution is 2.47. The van der Waals surface area contributed by atoms with Gasteiger partial charge in [0, 0.05) is 28.2 Å². The molecule has 0 saturated heterocycles. The van der Waals surface area contributed by atoms with Crippen LogP contribution in [0.1, 0.15) is 87.3 Å². The number of benzene rings is 4. The lowest BCUT2D eigenvalue weighted by Gasteiger charge is -2.41. The molecule has 0 bridgehead atoms. The van der Waals surface area contributed by atoms with E-state index in [1.54, 1.807) is 0 Å². The molecule has 0 amide bonds. The SMILES string of the molecule is CC1CCC(c2ccc(N)cc2)(c2ccc(N(c3ccccc3)c3ccc(C4CCCCC4)cc3)cc2)CC1. The predicted molar refractivity (Wildman–Crippen MR) is 166 cm³/mol. The zero-order chi connectivity index (χ0) is 26.7. The smallest absolute Gasteiger partial charge is 0.0461 e. The predicted octanol–water partition coefficient (Wildman–Crippen LogP) is 10.3. The molecular formula is C37H42N2. The van der Waals surface area contributed by atoms with Crippen molar-refractivity contribution in [2.45, 2.75) is 76.0 Å². The Morgan fingerprint density at radius 2 is 1.10 bits per heavy atom. The maximum atomic E-state index is 6.07. The topological polar surface area (TPSA) is 29.3 Å². The van der Waals surface area contributed by atoms with Crippen LogP contribution >= 0.6 is 0 Å². The minimum atomic E-state index is 0.0535. The molecule has 0 spiro atoms. The highest BCUT2D eigenvalue weighted by molar-refractivity contribution is 5.76. The molecule has 4 aromatic carbocycles. The molecule has 2 aliphatic carbocycles. The molecule has 0 aliphatic heterocycles. The fraction of sp³-hybridized carbons (Fsp3) is 0.351. The summed E-state index contributed by atoms with van der Waals surface area (Å²) in [4.78, 5) is 2.40. The Morgan fingerprint density at radius 3 is 1.69 bits per heavy atom. The Kier molecular flexibility index (Phi) is 7.46. The summed E-state index contributed by atoms with van der Waals surface area (Å²) in [5.41, 5.74) is 14.9. The number of hydrogen-bond acceptors (Lipinski definition) is 2. The Labute approximate surface area is 234 Å². The lowest BCUT2D eigenvalue weighted by molar-refractivity contribution is 0.280. The van der Waals surface area contributed by atoms with Gasteiger partial charge in [-0.3, -0.25) is 0 Å². The standard InChI is InChI=1S/C37H42N2/c1-28-24-26-37(27-25-28,31-14-18-33(38)19-15-31)32-16-22-36(23-17-32)39(34-10-6-3-7-11-34)35-20-12-30(13-21-35)29-8-4-2-5-9-29/h3,6-7,10-23,28-29H,2,4-5,8-9,24-27,38H2,1H3. The number of para-hydroxylation sites is 1. The van der Waals surface area contributed by atoms with Crippen LogP contribution in [0.2, 0.25) is 0 Å². The van der Waals surface area contributed by atoms with Gasteiger partial charge in [0.15, 0.2) is 0 Å². The summed E-state index contributed by atoms with van der Waals surface area (Å²) in [6, 6.07) is 38.2. The van der Waals surface area contributed by atoms with Crippen molar-refractivity contribution < 1.29 is 0 Å². The quantitative estimate of drug-likeness (QED) is 0.259. The molecule has 2 heteroatoms. The molecule has 2 fully saturated rings. The molecule has 2 saturated carbocycles. The lowest BCUT2D eigenvalue weighted by Crippen LogP contribution is -2.32. The van der Waals surface area contributed by atoms with E-state index in [0.29, 0.717) is 0 Å². The van der Waals surface area contributed by atoms with Gasteiger partial charge in [0.05, 0.1) is 0 Å². The summed E-state index contributed by atoms with van der Waals surface area (Å²) in [5.74, 6) is 1.51. The van der Waals surface area contributed by atoms with Crippen molar-refractivity contribution in [2.75, 3.05) is 10.6 Å². The first kappa shape index (κ1) is 25.7. The molecule has 39 heavy (non-hydrogen) atoms. The van der Waals surface area contributed by atoms with Crippen LogP contribution in [0.3, 0.4) is 0 Å². The summed E-state index contributed by atoms with van der Waals surface area (Å²) in [7, 11) is 0. The molecule has 0 unspecified atom stereocenters. The first-order chi connectivity index (χ1) is 19.1. The van der Waals surface area contributed by atoms with E-state index in [1.807, 2.05) is 0 Å². The van der Waals surface area contributed by atoms with Gasteiger partial charge in [-0.2, -0.15) is 0 Å². The van der Waals surface area contributed by atoms with Crippen LogP contribution in [0, 0.1) is 5.92 Å². The minimum absolute atomic E-state index is 0.0535. The van der Waals surface area contributed by atoms with E-state index in [-0.39, 0.29) is 5.41 Å². The molecule has 0 atom stereocenters. The molecular weight excluding hydrogens is 472 g/mol. The van der Waals surface area contributed by atoms with Gasteiger partial charge < -0.3 is 10.6 Å². The minimum Gasteiger partial charge on any atom is -0.399 e. The summed E-state index contributed by atoms with van der Waals surface area (Å²) in [5, 5.41) is 0. The largest absolute Gasteiger partial charge is 0.399 e. The monoisotopic (exact) mass is 514 g/mol. The molecule has 2 aliphatic rings. The number of hydrogen-bond donors (Lipinski definition) is 1. The zero-order valence-electron chi connectivity index (χ0n) is 23.4. The van der Waals surface area contributed by atoms with Crippen molar-refractivity contribution in [1.29, 1.82) is 0 Å². The maximum Gasteiger partial charge on any atom is 0.0461 e. The molecule has 200 valence electrons. The van der Waals surface area contributed by atoms with Gasteiger partial charge >= 0.3 is 0 Å². The second kappa shape index (κ2) is 11.3. The van der Waals surface area contributed by atoms with Gasteiger partial charge in [0.25, 0.3) is 0 Å². The third-order valence-corrected chi connectivity index (χ3v) is 9.51. The normalized spacial score (nSPS) is 21.9. The second-order valence-electron chi connectivity index (χ2n) is 12.0. The van der Waals surface area contributed by atoms with Crippen LogP contribution in [-0.2, 0) is 5.41 Å². The van der Waals surface area contributed by atoms with Crippen molar-refractivity contribution in [2.24, 2.45) is 5.92 Å². The highest BCUT2D eigenvalue weighted by Gasteiger charge is 2.37. The van der Waals surface area contributed by atoms with Gasteiger partial charge in [-0.15, -0.1) is 0 Å². The van der Waals surface area contributed by atoms with Crippen molar-refractivity contribution in [3.63, 3.8) is 0 Å². The fourth-order valence-corrected chi connectivity index (χ4v) is 7.09. The van der Waals surface area contributed by atoms with E-state index in [0.717, 1.165) is 17.5 Å². The Bertz CT molecular complexity index is 1330. The lowest BCUT2D eigenvalue weighted by atomic mass is 9.63. The molecule has 0 radical (unpaired) electrons. The number of anilines is 4. The third-order valence-electron chi connectivity index (χ3n) is 9.51. The van der Waals surface area contributed by atoms with Crippen molar-refractivity contribution in [3.05, 3.63) is 120 Å². The fourth-order valence-electron chi connectivity index (χ4n) is 7.09. The third kappa shape index (κ3) is 5.35. The van der Waals surface area contributed by atoms with Crippen molar-refractivity contribution in [1.82, 2.24) is 0 Å². The molecule has 0 aromatic heterocycles. The zero-order valence-corrected chi connectivity index (χ0v) is 23.4. The molecule has 2 nitrogen and oxygen atoms in total. The van der Waals surface area contributed by atoms with E-state index in [2.05, 4.69) is 115 Å². The van der Waals surface area contributed by atoms with Crippen LogP contribution in [-0.4, -0.2) is 0 Å². The average Bonchev–Trinajstić information content (AvgIpc) is 3.00. The number of nitrogens with two attached hydrogens (primary N) is 1. The maximum absolute atomic E-state index is 6.07. The first-order valence-corrected chi connectivity index (χ1v) is 15.0. The van der Waals surface area contributed by atoms with Gasteiger partial charge in [0.2, 0.25) is 0 Å². The second-order valence-corrected chi connectivity index (χ2v) is 12.0. The summed E-state index contributed by atoms with van der Waals surface area (Å²) >= 11 is 0. The van der Waals surface area contributed by atoms with Crippen molar-refractivity contribution in [3.8, 4) is 0 Å². The summed E-state index contributed by atoms with van der Waals surface area (Å²) in [6.45, 7) is 2.40. The van der Waals surface area contributed by atoms with Gasteiger partial charge in [-0.1, -0.05) is 80.8 Å². The highest BCUT2D eigenvalue weighted by atomic mass is 15.1. The van der Waals surface area contributed by atoms with Gasteiger partial charge in [-0.05, 0) is 116 Å². The first-order valence-electron chi connectivity index (χ1n) is 15.0. The Morgan fingerprint density at radius 1 is 0.590 bits per heavy atom. The van der Waals surface area contributed by atoms with Crippen LogP contribution in [0.15, 0.2) is 103 Å². The Balaban J connectivity index is 1.35. The number of nitrogen functional groups attached to an aromatic ring is 1. The van der Waals surface area contributed by atoms with E-state index >= 15 is 0 Å². The van der Waals surface area contributed by atoms with E-state index in [1.165, 1.54) is 91.5 Å². The van der Waals surface area contributed by atoms with Crippen LogP contribution in [0.5, 0.6) is 0 Å². The van der Waals surface area contributed by atoms with Crippen LogP contribution in [0.4, 0.5) is 22.7 Å². The summed E-state index contributed by atoms with van der Waals surface area (Å²) < 4.78 is 0. The van der Waals surface area contributed by atoms with Crippen LogP contribution < -0.4 is 10.6 Å². The molecule has 4 aromatic rings. The number of nitrogens with zero attached hydrogens (tertiary/aromatic N) is 1. The van der Waals surface area contributed by atoms with E-state index < -0.39 is 0 Å². The molecule has 2 N–H and O–H groups in total. The van der Waals surface area contributed by atoms with Crippen LogP contribution in [0.25, 0.3) is 0 Å². The van der Waals surface area contributed by atoms with E-state index in [9.17, 15) is 0 Å². The Hall–Kier alpha value is -3.52. The van der Waals surface area contributed by atoms with Gasteiger partial charge in [0.1, 0.15) is 0 Å². The molecule has 6 rings (SSSR count). The average molecular weight is 515 g/mol. The number of rotatable bonds is 6. The molecule has 0 heterocycles. The van der Waals surface area contributed by atoms with Crippen molar-refractivity contribution >= 4 is 22.7 Å².